The summed E-state index contributed by atoms with van der Waals surface area (Å²) in [5.41, 5.74) is 0. The monoisotopic (exact) mass is 344 g/mol. The molecule has 0 radical (unpaired) electrons. The van der Waals surface area contributed by atoms with Gasteiger partial charge in [-0.25, -0.2) is 8.42 Å². The van der Waals surface area contributed by atoms with Crippen LogP contribution in [0.5, 0.6) is 0 Å². The van der Waals surface area contributed by atoms with Crippen LogP contribution in [0, 0.1) is 5.92 Å². The summed E-state index contributed by atoms with van der Waals surface area (Å²) in [6.45, 7) is 4.94. The zero-order valence-electron chi connectivity index (χ0n) is 13.1. The van der Waals surface area contributed by atoms with Gasteiger partial charge in [-0.3, -0.25) is 4.79 Å². The maximum absolute atomic E-state index is 12.4. The van der Waals surface area contributed by atoms with Crippen LogP contribution in [0.4, 0.5) is 0 Å². The Hall–Kier alpha value is -0.920. The van der Waals surface area contributed by atoms with Crippen molar-refractivity contribution in [3.05, 3.63) is 17.5 Å². The lowest BCUT2D eigenvalue weighted by atomic mass is 9.96. The van der Waals surface area contributed by atoms with Crippen LogP contribution in [-0.4, -0.2) is 37.8 Å². The van der Waals surface area contributed by atoms with Crippen LogP contribution in [0.2, 0.25) is 0 Å². The van der Waals surface area contributed by atoms with Crippen LogP contribution in [0.1, 0.15) is 39.5 Å². The van der Waals surface area contributed by atoms with Gasteiger partial charge < -0.3 is 5.32 Å². The fourth-order valence-electron chi connectivity index (χ4n) is 2.76. The standard InChI is InChI=1S/C15H24N2O3S2/c1-3-5-12(2)16-15(18)13-7-9-17(10-8-13)22(19,20)14-6-4-11-21-14/h4,6,11-13H,3,5,7-10H2,1-2H3,(H,16,18)/t12-/m0/s1. The van der Waals surface area contributed by atoms with E-state index in [1.807, 2.05) is 6.92 Å². The van der Waals surface area contributed by atoms with E-state index < -0.39 is 10.0 Å². The highest BCUT2D eigenvalue weighted by molar-refractivity contribution is 7.91. The molecule has 1 aromatic rings. The Labute approximate surface area is 136 Å². The van der Waals surface area contributed by atoms with Crippen molar-refractivity contribution in [2.24, 2.45) is 5.92 Å². The summed E-state index contributed by atoms with van der Waals surface area (Å²) in [5.74, 6) is -0.0109. The molecule has 2 rings (SSSR count). The molecule has 1 fully saturated rings. The van der Waals surface area contributed by atoms with Gasteiger partial charge in [0.15, 0.2) is 0 Å². The second-order valence-electron chi connectivity index (χ2n) is 5.81. The van der Waals surface area contributed by atoms with Crippen LogP contribution in [-0.2, 0) is 14.8 Å². The lowest BCUT2D eigenvalue weighted by Crippen LogP contribution is -2.44. The van der Waals surface area contributed by atoms with Crippen molar-refractivity contribution in [3.8, 4) is 0 Å². The van der Waals surface area contributed by atoms with Crippen molar-refractivity contribution >= 4 is 27.3 Å². The third-order valence-corrected chi connectivity index (χ3v) is 7.30. The molecule has 1 amide bonds. The highest BCUT2D eigenvalue weighted by Crippen LogP contribution is 2.26. The number of hydrogen-bond donors (Lipinski definition) is 1. The van der Waals surface area contributed by atoms with Crippen molar-refractivity contribution in [3.63, 3.8) is 0 Å². The van der Waals surface area contributed by atoms with Crippen LogP contribution in [0.25, 0.3) is 0 Å². The molecule has 0 aliphatic carbocycles. The highest BCUT2D eigenvalue weighted by atomic mass is 32.2. The SMILES string of the molecule is CCC[C@H](C)NC(=O)C1CCN(S(=O)(=O)c2cccs2)CC1. The molecule has 0 spiro atoms. The van der Waals surface area contributed by atoms with Gasteiger partial charge in [0.05, 0.1) is 0 Å². The average molecular weight is 345 g/mol. The average Bonchev–Trinajstić information content (AvgIpc) is 3.02. The molecule has 7 heteroatoms. The van der Waals surface area contributed by atoms with Gasteiger partial charge in [0.25, 0.3) is 10.0 Å². The van der Waals surface area contributed by atoms with Crippen molar-refractivity contribution in [1.29, 1.82) is 0 Å². The number of amides is 1. The Balaban J connectivity index is 1.89. The predicted octanol–water partition coefficient (Wildman–Crippen LogP) is 2.45. The molecule has 0 aromatic carbocycles. The van der Waals surface area contributed by atoms with Crippen LogP contribution in [0.3, 0.4) is 0 Å². The molecule has 5 nitrogen and oxygen atoms in total. The predicted molar refractivity (Wildman–Crippen MR) is 88.3 cm³/mol. The van der Waals surface area contributed by atoms with E-state index >= 15 is 0 Å². The van der Waals surface area contributed by atoms with Gasteiger partial charge in [-0.1, -0.05) is 19.4 Å². The molecule has 0 saturated carbocycles. The number of hydrogen-bond acceptors (Lipinski definition) is 4. The van der Waals surface area contributed by atoms with Crippen LogP contribution < -0.4 is 5.32 Å². The van der Waals surface area contributed by atoms with Crippen LogP contribution >= 0.6 is 11.3 Å². The van der Waals surface area contributed by atoms with E-state index in [1.165, 1.54) is 15.6 Å². The quantitative estimate of drug-likeness (QED) is 0.862. The summed E-state index contributed by atoms with van der Waals surface area (Å²) in [7, 11) is -3.38. The molecule has 124 valence electrons. The van der Waals surface area contributed by atoms with Crippen molar-refractivity contribution in [2.45, 2.75) is 49.8 Å². The summed E-state index contributed by atoms with van der Waals surface area (Å²) in [4.78, 5) is 12.2. The van der Waals surface area contributed by atoms with E-state index in [1.54, 1.807) is 17.5 Å². The summed E-state index contributed by atoms with van der Waals surface area (Å²) < 4.78 is 26.7. The number of nitrogens with one attached hydrogen (secondary N) is 1. The Bertz CT molecular complexity index is 576. The summed E-state index contributed by atoms with van der Waals surface area (Å²) in [5, 5.41) is 4.79. The first-order valence-electron chi connectivity index (χ1n) is 7.79. The number of thiophene rings is 1. The second-order valence-corrected chi connectivity index (χ2v) is 8.92. The molecule has 2 heterocycles. The molecule has 1 aliphatic rings. The molecule has 0 bridgehead atoms. The summed E-state index contributed by atoms with van der Waals surface area (Å²) >= 11 is 1.24. The molecule has 1 atom stereocenters. The first kappa shape index (κ1) is 17.4. The van der Waals surface area contributed by atoms with Gasteiger partial charge >= 0.3 is 0 Å². The van der Waals surface area contributed by atoms with Gasteiger partial charge in [0.1, 0.15) is 4.21 Å². The molecule has 1 saturated heterocycles. The van der Waals surface area contributed by atoms with E-state index in [9.17, 15) is 13.2 Å². The lowest BCUT2D eigenvalue weighted by Gasteiger charge is -2.30. The van der Waals surface area contributed by atoms with Gasteiger partial charge in [0, 0.05) is 25.0 Å². The molecule has 1 aliphatic heterocycles. The largest absolute Gasteiger partial charge is 0.353 e. The minimum Gasteiger partial charge on any atom is -0.353 e. The number of nitrogens with zero attached hydrogens (tertiary/aromatic N) is 1. The minimum absolute atomic E-state index is 0.0640. The Morgan fingerprint density at radius 3 is 2.68 bits per heavy atom. The fraction of sp³-hybridized carbons (Fsp3) is 0.667. The Morgan fingerprint density at radius 2 is 2.14 bits per heavy atom. The van der Waals surface area contributed by atoms with Gasteiger partial charge in [-0.15, -0.1) is 11.3 Å². The Kier molecular flexibility index (Phi) is 6.00. The first-order chi connectivity index (χ1) is 10.4. The normalized spacial score (nSPS) is 19.0. The van der Waals surface area contributed by atoms with Gasteiger partial charge in [0.2, 0.25) is 5.91 Å². The fourth-order valence-corrected chi connectivity index (χ4v) is 5.38. The topological polar surface area (TPSA) is 66.5 Å². The van der Waals surface area contributed by atoms with E-state index in [-0.39, 0.29) is 17.9 Å². The first-order valence-corrected chi connectivity index (χ1v) is 10.1. The van der Waals surface area contributed by atoms with Crippen molar-refractivity contribution in [2.75, 3.05) is 13.1 Å². The zero-order chi connectivity index (χ0) is 16.2. The van der Waals surface area contributed by atoms with Crippen LogP contribution in [0.15, 0.2) is 21.7 Å². The number of carbonyl (C=O) groups excluding carboxylic acids is 1. The van der Waals surface area contributed by atoms with E-state index in [0.717, 1.165) is 12.8 Å². The molecule has 1 aromatic heterocycles. The third kappa shape index (κ3) is 4.08. The number of piperidine rings is 1. The minimum atomic E-state index is -3.38. The lowest BCUT2D eigenvalue weighted by molar-refractivity contribution is -0.126. The number of carbonyl (C=O) groups is 1. The summed E-state index contributed by atoms with van der Waals surface area (Å²) in [6, 6.07) is 3.56. The molecule has 1 N–H and O–H groups in total. The maximum atomic E-state index is 12.4. The van der Waals surface area contributed by atoms with E-state index in [0.29, 0.717) is 30.1 Å². The molecule has 0 unspecified atom stereocenters. The second kappa shape index (κ2) is 7.57. The smallest absolute Gasteiger partial charge is 0.252 e. The third-order valence-electron chi connectivity index (χ3n) is 4.02. The molecular formula is C15H24N2O3S2. The number of sulfonamides is 1. The van der Waals surface area contributed by atoms with Crippen molar-refractivity contribution < 1.29 is 13.2 Å². The van der Waals surface area contributed by atoms with E-state index in [4.69, 9.17) is 0 Å². The number of rotatable bonds is 6. The molecule has 22 heavy (non-hydrogen) atoms. The zero-order valence-corrected chi connectivity index (χ0v) is 14.8. The molecular weight excluding hydrogens is 320 g/mol. The highest BCUT2D eigenvalue weighted by Gasteiger charge is 2.32. The van der Waals surface area contributed by atoms with Gasteiger partial charge in [-0.05, 0) is 37.6 Å². The van der Waals surface area contributed by atoms with Crippen molar-refractivity contribution in [1.82, 2.24) is 9.62 Å². The Morgan fingerprint density at radius 1 is 1.45 bits per heavy atom. The van der Waals surface area contributed by atoms with E-state index in [2.05, 4.69) is 12.2 Å². The van der Waals surface area contributed by atoms with Gasteiger partial charge in [-0.2, -0.15) is 4.31 Å². The maximum Gasteiger partial charge on any atom is 0.252 e. The summed E-state index contributed by atoms with van der Waals surface area (Å²) in [6.07, 6.45) is 3.20.